The number of rotatable bonds is 3. The minimum absolute atomic E-state index is 0.327. The van der Waals surface area contributed by atoms with Crippen LogP contribution in [-0.4, -0.2) is 12.6 Å². The SMILES string of the molecule is CCOC(=O)c1sc(-c2cc(Cl)cc(Br)c2)c(C)c1N. The number of ether oxygens (including phenoxy) is 1. The van der Waals surface area contributed by atoms with Crippen LogP contribution in [0.2, 0.25) is 5.02 Å². The molecule has 0 bridgehead atoms. The van der Waals surface area contributed by atoms with Crippen LogP contribution in [0.25, 0.3) is 10.4 Å². The molecule has 0 saturated heterocycles. The molecule has 0 aliphatic carbocycles. The van der Waals surface area contributed by atoms with Crippen LogP contribution in [0.4, 0.5) is 5.69 Å². The first-order valence-corrected chi connectivity index (χ1v) is 7.95. The van der Waals surface area contributed by atoms with E-state index in [4.69, 9.17) is 22.1 Å². The van der Waals surface area contributed by atoms with Gasteiger partial charge in [-0.3, -0.25) is 0 Å². The molecular formula is C14H13BrClNO2S. The van der Waals surface area contributed by atoms with Crippen LogP contribution in [0.15, 0.2) is 22.7 Å². The van der Waals surface area contributed by atoms with Crippen molar-refractivity contribution in [3.05, 3.63) is 38.1 Å². The Morgan fingerprint density at radius 2 is 2.15 bits per heavy atom. The minimum atomic E-state index is -0.384. The van der Waals surface area contributed by atoms with E-state index in [1.54, 1.807) is 6.92 Å². The molecule has 0 fully saturated rings. The fraction of sp³-hybridized carbons (Fsp3) is 0.214. The van der Waals surface area contributed by atoms with Crippen LogP contribution in [0.1, 0.15) is 22.2 Å². The Labute approximate surface area is 134 Å². The molecule has 2 rings (SSSR count). The molecule has 0 amide bonds. The standard InChI is InChI=1S/C14H13BrClNO2S/c1-3-19-14(18)13-11(17)7(2)12(20-13)8-4-9(15)6-10(16)5-8/h4-6H,3,17H2,1-2H3. The molecule has 1 aromatic heterocycles. The molecule has 2 N–H and O–H groups in total. The lowest BCUT2D eigenvalue weighted by atomic mass is 10.1. The van der Waals surface area contributed by atoms with Crippen LogP contribution in [0, 0.1) is 6.92 Å². The van der Waals surface area contributed by atoms with Gasteiger partial charge in [-0.05, 0) is 43.2 Å². The average molecular weight is 375 g/mol. The maximum atomic E-state index is 11.9. The number of thiophene rings is 1. The predicted octanol–water partition coefficient (Wildman–Crippen LogP) is 4.90. The second kappa shape index (κ2) is 6.16. The number of nitrogens with two attached hydrogens (primary N) is 1. The monoisotopic (exact) mass is 373 g/mol. The number of halogens is 2. The van der Waals surface area contributed by atoms with E-state index in [1.807, 2.05) is 25.1 Å². The van der Waals surface area contributed by atoms with Gasteiger partial charge in [0.2, 0.25) is 0 Å². The molecule has 0 unspecified atom stereocenters. The van der Waals surface area contributed by atoms with E-state index in [1.165, 1.54) is 11.3 Å². The van der Waals surface area contributed by atoms with Gasteiger partial charge in [-0.25, -0.2) is 4.79 Å². The third-order valence-corrected chi connectivity index (χ3v) is 4.79. The first kappa shape index (κ1) is 15.4. The van der Waals surface area contributed by atoms with Gasteiger partial charge in [0, 0.05) is 14.4 Å². The fourth-order valence-corrected chi connectivity index (χ4v) is 3.80. The Morgan fingerprint density at radius 3 is 2.75 bits per heavy atom. The summed E-state index contributed by atoms with van der Waals surface area (Å²) in [6.45, 7) is 3.98. The lowest BCUT2D eigenvalue weighted by Gasteiger charge is -2.02. The van der Waals surface area contributed by atoms with Crippen LogP contribution in [0.5, 0.6) is 0 Å². The van der Waals surface area contributed by atoms with Crippen molar-refractivity contribution in [2.75, 3.05) is 12.3 Å². The van der Waals surface area contributed by atoms with Crippen molar-refractivity contribution < 1.29 is 9.53 Å². The van der Waals surface area contributed by atoms with Crippen molar-refractivity contribution in [2.45, 2.75) is 13.8 Å². The number of esters is 1. The largest absolute Gasteiger partial charge is 0.462 e. The number of hydrogen-bond acceptors (Lipinski definition) is 4. The molecule has 6 heteroatoms. The minimum Gasteiger partial charge on any atom is -0.462 e. The van der Waals surface area contributed by atoms with Gasteiger partial charge in [0.25, 0.3) is 0 Å². The van der Waals surface area contributed by atoms with E-state index in [0.29, 0.717) is 22.2 Å². The van der Waals surface area contributed by atoms with Crippen molar-refractivity contribution in [3.63, 3.8) is 0 Å². The highest BCUT2D eigenvalue weighted by atomic mass is 79.9. The molecule has 0 aliphatic rings. The molecule has 3 nitrogen and oxygen atoms in total. The van der Waals surface area contributed by atoms with Crippen molar-refractivity contribution in [1.82, 2.24) is 0 Å². The van der Waals surface area contributed by atoms with Gasteiger partial charge in [-0.1, -0.05) is 27.5 Å². The van der Waals surface area contributed by atoms with Crippen LogP contribution < -0.4 is 5.73 Å². The van der Waals surface area contributed by atoms with Crippen molar-refractivity contribution in [3.8, 4) is 10.4 Å². The van der Waals surface area contributed by atoms with Gasteiger partial charge >= 0.3 is 5.97 Å². The molecule has 0 aliphatic heterocycles. The fourth-order valence-electron chi connectivity index (χ4n) is 1.83. The second-order valence-electron chi connectivity index (χ2n) is 4.18. The van der Waals surface area contributed by atoms with Gasteiger partial charge in [-0.2, -0.15) is 0 Å². The van der Waals surface area contributed by atoms with Crippen LogP contribution in [0.3, 0.4) is 0 Å². The predicted molar refractivity (Wildman–Crippen MR) is 87.6 cm³/mol. The van der Waals surface area contributed by atoms with Gasteiger partial charge in [0.15, 0.2) is 0 Å². The Hall–Kier alpha value is -1.04. The van der Waals surface area contributed by atoms with Gasteiger partial charge in [0.1, 0.15) is 4.88 Å². The summed E-state index contributed by atoms with van der Waals surface area (Å²) >= 11 is 10.8. The van der Waals surface area contributed by atoms with E-state index in [0.717, 1.165) is 20.5 Å². The number of nitrogen functional groups attached to an aromatic ring is 1. The molecule has 20 heavy (non-hydrogen) atoms. The van der Waals surface area contributed by atoms with Crippen LogP contribution >= 0.6 is 38.9 Å². The van der Waals surface area contributed by atoms with Crippen molar-refractivity contribution >= 4 is 50.5 Å². The summed E-state index contributed by atoms with van der Waals surface area (Å²) in [7, 11) is 0. The number of hydrogen-bond donors (Lipinski definition) is 1. The van der Waals surface area contributed by atoms with E-state index >= 15 is 0 Å². The Kier molecular flexibility index (Phi) is 4.73. The zero-order chi connectivity index (χ0) is 14.9. The van der Waals surface area contributed by atoms with E-state index < -0.39 is 0 Å². The maximum absolute atomic E-state index is 11.9. The first-order chi connectivity index (χ1) is 9.43. The topological polar surface area (TPSA) is 52.3 Å². The summed E-state index contributed by atoms with van der Waals surface area (Å²) in [5.74, 6) is -0.384. The molecule has 2 aromatic rings. The Bertz CT molecular complexity index is 649. The van der Waals surface area contributed by atoms with E-state index in [9.17, 15) is 4.79 Å². The third kappa shape index (κ3) is 3.00. The third-order valence-electron chi connectivity index (χ3n) is 2.78. The molecule has 1 heterocycles. The normalized spacial score (nSPS) is 10.6. The second-order valence-corrected chi connectivity index (χ2v) is 6.55. The summed E-state index contributed by atoms with van der Waals surface area (Å²) in [4.78, 5) is 13.2. The number of carbonyl (C=O) groups is 1. The quantitative estimate of drug-likeness (QED) is 0.778. The molecule has 0 saturated carbocycles. The molecular weight excluding hydrogens is 362 g/mol. The Morgan fingerprint density at radius 1 is 1.45 bits per heavy atom. The molecule has 0 atom stereocenters. The highest BCUT2D eigenvalue weighted by Crippen LogP contribution is 2.40. The van der Waals surface area contributed by atoms with Crippen molar-refractivity contribution in [2.24, 2.45) is 0 Å². The number of anilines is 1. The van der Waals surface area contributed by atoms with Gasteiger partial charge < -0.3 is 10.5 Å². The maximum Gasteiger partial charge on any atom is 0.350 e. The van der Waals surface area contributed by atoms with E-state index in [2.05, 4.69) is 15.9 Å². The van der Waals surface area contributed by atoms with Crippen LogP contribution in [-0.2, 0) is 4.74 Å². The molecule has 106 valence electrons. The average Bonchev–Trinajstić information content (AvgIpc) is 2.66. The van der Waals surface area contributed by atoms with Gasteiger partial charge in [0.05, 0.1) is 12.3 Å². The zero-order valence-electron chi connectivity index (χ0n) is 11.0. The first-order valence-electron chi connectivity index (χ1n) is 5.96. The highest BCUT2D eigenvalue weighted by molar-refractivity contribution is 9.10. The Balaban J connectivity index is 2.53. The lowest BCUT2D eigenvalue weighted by molar-refractivity contribution is 0.0533. The summed E-state index contributed by atoms with van der Waals surface area (Å²) in [5, 5.41) is 0.624. The smallest absolute Gasteiger partial charge is 0.350 e. The van der Waals surface area contributed by atoms with E-state index in [-0.39, 0.29) is 5.97 Å². The number of carbonyl (C=O) groups excluding carboxylic acids is 1. The van der Waals surface area contributed by atoms with Crippen molar-refractivity contribution in [1.29, 1.82) is 0 Å². The summed E-state index contributed by atoms with van der Waals surface area (Å²) < 4.78 is 5.90. The summed E-state index contributed by atoms with van der Waals surface area (Å²) in [6.07, 6.45) is 0. The van der Waals surface area contributed by atoms with Gasteiger partial charge in [-0.15, -0.1) is 11.3 Å². The summed E-state index contributed by atoms with van der Waals surface area (Å²) in [5.41, 5.74) is 8.28. The summed E-state index contributed by atoms with van der Waals surface area (Å²) in [6, 6.07) is 5.60. The molecule has 0 spiro atoms. The lowest BCUT2D eigenvalue weighted by Crippen LogP contribution is -2.05. The molecule has 1 aromatic carbocycles. The highest BCUT2D eigenvalue weighted by Gasteiger charge is 2.20. The number of benzene rings is 1. The zero-order valence-corrected chi connectivity index (χ0v) is 14.2. The molecule has 0 radical (unpaired) electrons.